The molecular weight excluding hydrogens is 240 g/mol. The Kier molecular flexibility index (Phi) is 3.17. The van der Waals surface area contributed by atoms with Crippen LogP contribution in [0, 0.1) is 0 Å². The van der Waals surface area contributed by atoms with Gasteiger partial charge in [-0.05, 0) is 44.2 Å². The molecule has 1 aromatic rings. The molecule has 0 N–H and O–H groups in total. The van der Waals surface area contributed by atoms with Crippen LogP contribution in [0.25, 0.3) is 0 Å². The highest BCUT2D eigenvalue weighted by atomic mass is 16.6. The molecule has 3 rings (SSSR count). The predicted molar refractivity (Wildman–Crippen MR) is 73.1 cm³/mol. The Morgan fingerprint density at radius 3 is 2.89 bits per heavy atom. The van der Waals surface area contributed by atoms with Crippen molar-refractivity contribution in [1.29, 1.82) is 0 Å². The normalized spacial score (nSPS) is 21.1. The van der Waals surface area contributed by atoms with E-state index in [9.17, 15) is 4.79 Å². The first-order chi connectivity index (χ1) is 9.27. The maximum Gasteiger partial charge on any atom is 0.416 e. The van der Waals surface area contributed by atoms with Crippen molar-refractivity contribution in [1.82, 2.24) is 4.98 Å². The number of hydrogen-bond acceptors (Lipinski definition) is 3. The van der Waals surface area contributed by atoms with Crippen molar-refractivity contribution in [3.8, 4) is 0 Å². The number of hydrogen-bond donors (Lipinski definition) is 0. The maximum absolute atomic E-state index is 12.3. The molecule has 0 atom stereocenters. The Hall–Kier alpha value is -1.58. The number of ether oxygens (including phenoxy) is 1. The first-order valence-corrected chi connectivity index (χ1v) is 7.23. The van der Waals surface area contributed by atoms with Crippen LogP contribution in [0.4, 0.5) is 10.6 Å². The fourth-order valence-electron chi connectivity index (χ4n) is 3.25. The zero-order chi connectivity index (χ0) is 13.3. The van der Waals surface area contributed by atoms with Gasteiger partial charge in [-0.15, -0.1) is 0 Å². The smallest absolute Gasteiger partial charge is 0.416 e. The lowest BCUT2D eigenvalue weighted by molar-refractivity contribution is -0.0235. The molecule has 4 heteroatoms. The van der Waals surface area contributed by atoms with Crippen molar-refractivity contribution in [2.24, 2.45) is 0 Å². The van der Waals surface area contributed by atoms with Gasteiger partial charge in [0, 0.05) is 18.3 Å². The third-order valence-electron chi connectivity index (χ3n) is 4.14. The lowest BCUT2D eigenvalue weighted by Crippen LogP contribution is -2.47. The highest BCUT2D eigenvalue weighted by Gasteiger charge is 2.45. The summed E-state index contributed by atoms with van der Waals surface area (Å²) in [6, 6.07) is 4.02. The maximum atomic E-state index is 12.3. The number of fused-ring (bicyclic) bond motifs is 2. The van der Waals surface area contributed by atoms with Crippen LogP contribution in [-0.4, -0.2) is 17.6 Å². The van der Waals surface area contributed by atoms with Gasteiger partial charge in [0.2, 0.25) is 0 Å². The summed E-state index contributed by atoms with van der Waals surface area (Å²) in [7, 11) is 0. The second kappa shape index (κ2) is 4.83. The molecule has 1 fully saturated rings. The average Bonchev–Trinajstić information content (AvgIpc) is 2.45. The molecule has 4 nitrogen and oxygen atoms in total. The van der Waals surface area contributed by atoms with Crippen molar-refractivity contribution in [2.75, 3.05) is 11.4 Å². The number of aromatic nitrogens is 1. The Morgan fingerprint density at radius 2 is 2.16 bits per heavy atom. The summed E-state index contributed by atoms with van der Waals surface area (Å²) < 4.78 is 5.85. The predicted octanol–water partition coefficient (Wildman–Crippen LogP) is 3.61. The van der Waals surface area contributed by atoms with Crippen molar-refractivity contribution in [3.05, 3.63) is 23.9 Å². The summed E-state index contributed by atoms with van der Waals surface area (Å²) in [5, 5.41) is 0. The average molecular weight is 260 g/mol. The monoisotopic (exact) mass is 260 g/mol. The van der Waals surface area contributed by atoms with Crippen LogP contribution in [-0.2, 0) is 10.3 Å². The van der Waals surface area contributed by atoms with E-state index in [1.54, 1.807) is 11.1 Å². The van der Waals surface area contributed by atoms with E-state index in [1.807, 2.05) is 6.07 Å². The summed E-state index contributed by atoms with van der Waals surface area (Å²) >= 11 is 0. The molecule has 19 heavy (non-hydrogen) atoms. The van der Waals surface area contributed by atoms with Gasteiger partial charge >= 0.3 is 6.09 Å². The van der Waals surface area contributed by atoms with Crippen molar-refractivity contribution in [2.45, 2.75) is 51.0 Å². The van der Waals surface area contributed by atoms with Crippen LogP contribution in [0.2, 0.25) is 0 Å². The van der Waals surface area contributed by atoms with E-state index in [2.05, 4.69) is 18.0 Å². The van der Waals surface area contributed by atoms with Crippen molar-refractivity contribution in [3.63, 3.8) is 0 Å². The van der Waals surface area contributed by atoms with Crippen LogP contribution in [0.1, 0.15) is 51.0 Å². The molecule has 102 valence electrons. The lowest BCUT2D eigenvalue weighted by Gasteiger charge is -2.43. The summed E-state index contributed by atoms with van der Waals surface area (Å²) in [6.07, 6.45) is 7.76. The van der Waals surface area contributed by atoms with Gasteiger partial charge in [0.15, 0.2) is 0 Å². The van der Waals surface area contributed by atoms with Crippen LogP contribution >= 0.6 is 0 Å². The summed E-state index contributed by atoms with van der Waals surface area (Å²) in [6.45, 7) is 2.72. The zero-order valence-electron chi connectivity index (χ0n) is 11.4. The van der Waals surface area contributed by atoms with Gasteiger partial charge in [-0.1, -0.05) is 13.3 Å². The minimum absolute atomic E-state index is 0.227. The third kappa shape index (κ3) is 1.99. The molecule has 2 aliphatic rings. The molecule has 1 amide bonds. The molecule has 0 saturated heterocycles. The second-order valence-electron chi connectivity index (χ2n) is 5.45. The van der Waals surface area contributed by atoms with Crippen LogP contribution in [0.5, 0.6) is 0 Å². The Bertz CT molecular complexity index is 481. The molecule has 1 spiro atoms. The molecule has 1 saturated carbocycles. The molecule has 0 bridgehead atoms. The van der Waals surface area contributed by atoms with E-state index in [0.717, 1.165) is 43.5 Å². The van der Waals surface area contributed by atoms with Crippen LogP contribution in [0.3, 0.4) is 0 Å². The molecule has 1 aliphatic carbocycles. The highest BCUT2D eigenvalue weighted by Crippen LogP contribution is 2.46. The number of anilines is 1. The number of nitrogens with zero attached hydrogens (tertiary/aromatic N) is 2. The number of pyridine rings is 1. The van der Waals surface area contributed by atoms with E-state index in [4.69, 9.17) is 4.74 Å². The molecule has 2 heterocycles. The second-order valence-corrected chi connectivity index (χ2v) is 5.45. The Morgan fingerprint density at radius 1 is 1.37 bits per heavy atom. The zero-order valence-corrected chi connectivity index (χ0v) is 11.4. The Balaban J connectivity index is 2.06. The summed E-state index contributed by atoms with van der Waals surface area (Å²) in [5.74, 6) is 0.808. The third-order valence-corrected chi connectivity index (χ3v) is 4.14. The summed E-state index contributed by atoms with van der Waals surface area (Å²) in [5.41, 5.74) is 0.686. The van der Waals surface area contributed by atoms with E-state index in [0.29, 0.717) is 6.54 Å². The number of amides is 1. The van der Waals surface area contributed by atoms with Gasteiger partial charge in [-0.3, -0.25) is 4.90 Å². The largest absolute Gasteiger partial charge is 0.437 e. The molecular formula is C15H20N2O2. The SMILES string of the molecule is CCCN1C(=O)OC2(CCCCC2)c2cccnc21. The molecule has 0 radical (unpaired) electrons. The minimum atomic E-state index is -0.414. The van der Waals surface area contributed by atoms with E-state index < -0.39 is 5.60 Å². The number of carbonyl (C=O) groups is 1. The van der Waals surface area contributed by atoms with Gasteiger partial charge in [0.05, 0.1) is 0 Å². The van der Waals surface area contributed by atoms with Gasteiger partial charge in [-0.25, -0.2) is 9.78 Å². The first-order valence-electron chi connectivity index (χ1n) is 7.23. The van der Waals surface area contributed by atoms with Gasteiger partial charge < -0.3 is 4.74 Å². The quantitative estimate of drug-likeness (QED) is 0.815. The van der Waals surface area contributed by atoms with Gasteiger partial charge in [0.25, 0.3) is 0 Å². The van der Waals surface area contributed by atoms with Crippen LogP contribution in [0.15, 0.2) is 18.3 Å². The van der Waals surface area contributed by atoms with E-state index >= 15 is 0 Å². The molecule has 1 aromatic heterocycles. The standard InChI is InChI=1S/C15H20N2O2/c1-2-11-17-13-12(7-6-10-16-13)15(19-14(17)18)8-4-3-5-9-15/h6-7,10H,2-5,8-9,11H2,1H3. The fourth-order valence-corrected chi connectivity index (χ4v) is 3.25. The molecule has 0 unspecified atom stereocenters. The first kappa shape index (κ1) is 12.5. The van der Waals surface area contributed by atoms with E-state index in [-0.39, 0.29) is 6.09 Å². The topological polar surface area (TPSA) is 42.4 Å². The van der Waals surface area contributed by atoms with Crippen molar-refractivity contribution >= 4 is 11.9 Å². The fraction of sp³-hybridized carbons (Fsp3) is 0.600. The lowest BCUT2D eigenvalue weighted by atomic mass is 9.79. The van der Waals surface area contributed by atoms with E-state index in [1.165, 1.54) is 6.42 Å². The van der Waals surface area contributed by atoms with Crippen molar-refractivity contribution < 1.29 is 9.53 Å². The van der Waals surface area contributed by atoms with Crippen LogP contribution < -0.4 is 4.90 Å². The highest BCUT2D eigenvalue weighted by molar-refractivity contribution is 5.90. The molecule has 1 aliphatic heterocycles. The Labute approximate surface area is 113 Å². The number of carbonyl (C=O) groups excluding carboxylic acids is 1. The number of rotatable bonds is 2. The van der Waals surface area contributed by atoms with Gasteiger partial charge in [0.1, 0.15) is 11.4 Å². The summed E-state index contributed by atoms with van der Waals surface area (Å²) in [4.78, 5) is 18.4. The minimum Gasteiger partial charge on any atom is -0.437 e. The molecule has 0 aromatic carbocycles. The van der Waals surface area contributed by atoms with Gasteiger partial charge in [-0.2, -0.15) is 0 Å².